The number of fused-ring (bicyclic) bond motifs is 1. The summed E-state index contributed by atoms with van der Waals surface area (Å²) in [6.45, 7) is 11.2. The Bertz CT molecular complexity index is 407. The van der Waals surface area contributed by atoms with Crippen molar-refractivity contribution in [1.29, 1.82) is 0 Å². The molecule has 0 aliphatic heterocycles. The number of nitrogens with one attached hydrogen (secondary N) is 1. The van der Waals surface area contributed by atoms with E-state index in [1.807, 2.05) is 11.3 Å². The fourth-order valence-corrected chi connectivity index (χ4v) is 4.10. The lowest BCUT2D eigenvalue weighted by Gasteiger charge is -2.34. The van der Waals surface area contributed by atoms with Gasteiger partial charge in [-0.1, -0.05) is 25.2 Å². The topological polar surface area (TPSA) is 28.2 Å². The van der Waals surface area contributed by atoms with Gasteiger partial charge in [-0.2, -0.15) is 0 Å². The molecule has 102 valence electrons. The van der Waals surface area contributed by atoms with E-state index < -0.39 is 0 Å². The van der Waals surface area contributed by atoms with Crippen LogP contribution in [0.4, 0.5) is 5.13 Å². The minimum atomic E-state index is 0.356. The van der Waals surface area contributed by atoms with Gasteiger partial charge in [-0.05, 0) is 39.2 Å². The molecule has 2 rings (SSSR count). The molecule has 1 aliphatic rings. The average Bonchev–Trinajstić information content (AvgIpc) is 2.71. The first kappa shape index (κ1) is 13.8. The van der Waals surface area contributed by atoms with Crippen LogP contribution in [0.2, 0.25) is 0 Å². The van der Waals surface area contributed by atoms with Crippen LogP contribution >= 0.6 is 11.3 Å². The Morgan fingerprint density at radius 1 is 1.39 bits per heavy atom. The molecule has 1 aromatic rings. The van der Waals surface area contributed by atoms with Gasteiger partial charge >= 0.3 is 0 Å². The maximum atomic E-state index is 4.89. The third-order valence-corrected chi connectivity index (χ3v) is 5.09. The van der Waals surface area contributed by atoms with Crippen molar-refractivity contribution in [1.82, 2.24) is 10.3 Å². The highest BCUT2D eigenvalue weighted by Gasteiger charge is 2.34. The van der Waals surface area contributed by atoms with Gasteiger partial charge in [0.05, 0.1) is 5.69 Å². The molecule has 18 heavy (non-hydrogen) atoms. The van der Waals surface area contributed by atoms with Gasteiger partial charge in [0, 0.05) is 24.0 Å². The third-order valence-electron chi connectivity index (χ3n) is 3.82. The van der Waals surface area contributed by atoms with Crippen LogP contribution in [-0.4, -0.2) is 25.1 Å². The molecular weight excluding hydrogens is 242 g/mol. The fraction of sp³-hybridized carbons (Fsp3) is 0.786. The average molecular weight is 267 g/mol. The van der Waals surface area contributed by atoms with Gasteiger partial charge in [-0.15, -0.1) is 0 Å². The highest BCUT2D eigenvalue weighted by atomic mass is 32.1. The smallest absolute Gasteiger partial charge is 0.185 e. The van der Waals surface area contributed by atoms with Crippen LogP contribution in [0.25, 0.3) is 0 Å². The van der Waals surface area contributed by atoms with Gasteiger partial charge < -0.3 is 10.2 Å². The van der Waals surface area contributed by atoms with E-state index in [4.69, 9.17) is 4.98 Å². The molecule has 1 heterocycles. The second-order valence-electron chi connectivity index (χ2n) is 5.87. The van der Waals surface area contributed by atoms with E-state index in [1.54, 1.807) is 0 Å². The largest absolute Gasteiger partial charge is 0.349 e. The van der Waals surface area contributed by atoms with Crippen molar-refractivity contribution in [2.24, 2.45) is 5.41 Å². The number of hydrogen-bond acceptors (Lipinski definition) is 4. The lowest BCUT2D eigenvalue weighted by atomic mass is 9.76. The number of aromatic nitrogens is 1. The van der Waals surface area contributed by atoms with Crippen LogP contribution in [-0.2, 0) is 6.42 Å². The molecule has 1 atom stereocenters. The molecular formula is C14H25N3S. The number of hydrogen-bond donors (Lipinski definition) is 1. The molecule has 0 spiro atoms. The molecule has 1 aliphatic carbocycles. The zero-order valence-electron chi connectivity index (χ0n) is 12.2. The van der Waals surface area contributed by atoms with Crippen molar-refractivity contribution in [2.75, 3.05) is 25.0 Å². The molecule has 0 bridgehead atoms. The number of thiazole rings is 1. The molecule has 0 fully saturated rings. The molecule has 4 heteroatoms. The molecule has 1 unspecified atom stereocenters. The number of nitrogens with zero attached hydrogens (tertiary/aromatic N) is 2. The lowest BCUT2D eigenvalue weighted by molar-refractivity contribution is 0.265. The summed E-state index contributed by atoms with van der Waals surface area (Å²) in [6.07, 6.45) is 2.31. The highest BCUT2D eigenvalue weighted by Crippen LogP contribution is 2.44. The maximum absolute atomic E-state index is 4.89. The number of anilines is 1. The zero-order chi connectivity index (χ0) is 13.3. The Morgan fingerprint density at radius 2 is 2.06 bits per heavy atom. The van der Waals surface area contributed by atoms with Crippen molar-refractivity contribution < 1.29 is 0 Å². The summed E-state index contributed by atoms with van der Waals surface area (Å²) < 4.78 is 0. The Balaban J connectivity index is 2.34. The molecule has 0 saturated carbocycles. The number of rotatable bonds is 4. The van der Waals surface area contributed by atoms with Gasteiger partial charge in [0.15, 0.2) is 5.13 Å². The van der Waals surface area contributed by atoms with E-state index in [9.17, 15) is 0 Å². The maximum Gasteiger partial charge on any atom is 0.185 e. The summed E-state index contributed by atoms with van der Waals surface area (Å²) in [7, 11) is 2.06. The Morgan fingerprint density at radius 3 is 2.61 bits per heavy atom. The molecule has 0 saturated heterocycles. The first-order valence-electron chi connectivity index (χ1n) is 6.92. The normalized spacial score (nSPS) is 21.7. The van der Waals surface area contributed by atoms with Crippen LogP contribution in [0.3, 0.4) is 0 Å². The second-order valence-corrected chi connectivity index (χ2v) is 6.88. The molecule has 1 aromatic heterocycles. The SMILES string of the molecule is CCN(CC)c1nc2c(s1)C(NC)CC(C)(C)C2. The summed E-state index contributed by atoms with van der Waals surface area (Å²) in [5, 5.41) is 4.65. The van der Waals surface area contributed by atoms with Crippen LogP contribution in [0, 0.1) is 5.41 Å². The molecule has 0 amide bonds. The van der Waals surface area contributed by atoms with E-state index in [-0.39, 0.29) is 0 Å². The predicted octanol–water partition coefficient (Wildman–Crippen LogP) is 3.22. The van der Waals surface area contributed by atoms with Gasteiger partial charge in [0.1, 0.15) is 0 Å². The minimum Gasteiger partial charge on any atom is -0.349 e. The first-order chi connectivity index (χ1) is 8.50. The van der Waals surface area contributed by atoms with Crippen LogP contribution in [0.5, 0.6) is 0 Å². The van der Waals surface area contributed by atoms with Crippen LogP contribution in [0.15, 0.2) is 0 Å². The zero-order valence-corrected chi connectivity index (χ0v) is 13.0. The second kappa shape index (κ2) is 5.17. The Hall–Kier alpha value is -0.610. The van der Waals surface area contributed by atoms with Gasteiger partial charge in [0.2, 0.25) is 0 Å². The monoisotopic (exact) mass is 267 g/mol. The summed E-state index contributed by atoms with van der Waals surface area (Å²) >= 11 is 1.88. The van der Waals surface area contributed by atoms with E-state index in [2.05, 4.69) is 45.0 Å². The molecule has 0 aromatic carbocycles. The minimum absolute atomic E-state index is 0.356. The van der Waals surface area contributed by atoms with Crippen molar-refractivity contribution in [2.45, 2.75) is 46.6 Å². The first-order valence-corrected chi connectivity index (χ1v) is 7.74. The quantitative estimate of drug-likeness (QED) is 0.908. The lowest BCUT2D eigenvalue weighted by Crippen LogP contribution is -2.30. The summed E-state index contributed by atoms with van der Waals surface area (Å²) in [5.41, 5.74) is 1.67. The van der Waals surface area contributed by atoms with Gasteiger partial charge in [-0.25, -0.2) is 4.98 Å². The summed E-state index contributed by atoms with van der Waals surface area (Å²) in [4.78, 5) is 8.70. The fourth-order valence-electron chi connectivity index (χ4n) is 2.78. The Kier molecular flexibility index (Phi) is 3.97. The van der Waals surface area contributed by atoms with E-state index in [0.29, 0.717) is 11.5 Å². The molecule has 1 N–H and O–H groups in total. The van der Waals surface area contributed by atoms with Crippen LogP contribution in [0.1, 0.15) is 50.7 Å². The summed E-state index contributed by atoms with van der Waals surface area (Å²) in [5.74, 6) is 0. The van der Waals surface area contributed by atoms with Gasteiger partial charge in [-0.3, -0.25) is 0 Å². The standard InChI is InChI=1S/C14H25N3S/c1-6-17(7-2)13-16-11-9-14(3,4)8-10(15-5)12(11)18-13/h10,15H,6-9H2,1-5H3. The molecule has 0 radical (unpaired) electrons. The predicted molar refractivity (Wildman–Crippen MR) is 79.6 cm³/mol. The van der Waals surface area contributed by atoms with E-state index in [1.165, 1.54) is 22.1 Å². The Labute approximate surface area is 115 Å². The van der Waals surface area contributed by atoms with Gasteiger partial charge in [0.25, 0.3) is 0 Å². The van der Waals surface area contributed by atoms with Crippen molar-refractivity contribution >= 4 is 16.5 Å². The highest BCUT2D eigenvalue weighted by molar-refractivity contribution is 7.15. The van der Waals surface area contributed by atoms with Crippen molar-refractivity contribution in [3.63, 3.8) is 0 Å². The van der Waals surface area contributed by atoms with Crippen molar-refractivity contribution in [3.8, 4) is 0 Å². The summed E-state index contributed by atoms with van der Waals surface area (Å²) in [6, 6.07) is 0.477. The van der Waals surface area contributed by atoms with Crippen molar-refractivity contribution in [3.05, 3.63) is 10.6 Å². The van der Waals surface area contributed by atoms with E-state index in [0.717, 1.165) is 19.5 Å². The van der Waals surface area contributed by atoms with Crippen LogP contribution < -0.4 is 10.2 Å². The molecule has 3 nitrogen and oxygen atoms in total. The van der Waals surface area contributed by atoms with E-state index >= 15 is 0 Å². The third kappa shape index (κ3) is 2.54.